The van der Waals surface area contributed by atoms with E-state index in [-0.39, 0.29) is 33.6 Å². The molecule has 4 heterocycles. The number of nitrogens with one attached hydrogen (secondary N) is 2. The van der Waals surface area contributed by atoms with Crippen molar-refractivity contribution in [3.05, 3.63) is 73.6 Å². The van der Waals surface area contributed by atoms with E-state index in [0.717, 1.165) is 6.54 Å². The second-order valence-electron chi connectivity index (χ2n) is 8.78. The molecule has 0 saturated carbocycles. The van der Waals surface area contributed by atoms with Crippen molar-refractivity contribution in [2.75, 3.05) is 45.9 Å². The number of carbonyl (C=O) groups excluding carboxylic acids is 2. The van der Waals surface area contributed by atoms with E-state index in [9.17, 15) is 18.8 Å². The van der Waals surface area contributed by atoms with E-state index >= 15 is 0 Å². The van der Waals surface area contributed by atoms with Crippen molar-refractivity contribution in [1.82, 2.24) is 24.5 Å². The van der Waals surface area contributed by atoms with Gasteiger partial charge in [-0.05, 0) is 23.8 Å². The molecule has 1 unspecified atom stereocenters. The summed E-state index contributed by atoms with van der Waals surface area (Å²) in [5.74, 6) is -1.17. The molecule has 2 fully saturated rings. The number of piperazine rings is 1. The largest absolute Gasteiger partial charge is 0.366 e. The molecule has 12 heteroatoms. The highest BCUT2D eigenvalue weighted by Gasteiger charge is 2.31. The summed E-state index contributed by atoms with van der Waals surface area (Å²) in [7, 11) is 0. The molecule has 9 nitrogen and oxygen atoms in total. The maximum Gasteiger partial charge on any atom is 0.272 e. The summed E-state index contributed by atoms with van der Waals surface area (Å²) < 4.78 is 21.8. The van der Waals surface area contributed by atoms with Gasteiger partial charge in [-0.2, -0.15) is 0 Å². The minimum atomic E-state index is -0.627. The van der Waals surface area contributed by atoms with Crippen molar-refractivity contribution in [2.45, 2.75) is 12.5 Å². The fourth-order valence-corrected chi connectivity index (χ4v) is 5.05. The second kappa shape index (κ2) is 10.2. The smallest absolute Gasteiger partial charge is 0.272 e. The first-order valence-electron chi connectivity index (χ1n) is 11.6. The molecule has 5 rings (SSSR count). The van der Waals surface area contributed by atoms with Crippen molar-refractivity contribution in [1.29, 1.82) is 0 Å². The number of benzene rings is 1. The van der Waals surface area contributed by atoms with Crippen LogP contribution in [0.5, 0.6) is 0 Å². The number of morpholine rings is 1. The quantitative estimate of drug-likeness (QED) is 0.531. The van der Waals surface area contributed by atoms with E-state index in [0.29, 0.717) is 56.1 Å². The van der Waals surface area contributed by atoms with E-state index in [1.807, 2.05) is 0 Å². The molecule has 1 atom stereocenters. The topological polar surface area (TPSA) is 99.2 Å². The number of halogens is 3. The number of aromatic nitrogens is 2. The van der Waals surface area contributed by atoms with Crippen LogP contribution in [0.2, 0.25) is 10.2 Å². The first-order valence-corrected chi connectivity index (χ1v) is 12.3. The molecule has 2 saturated heterocycles. The first kappa shape index (κ1) is 24.8. The molecule has 2 N–H and O–H groups in total. The van der Waals surface area contributed by atoms with Crippen LogP contribution in [0.1, 0.15) is 21.6 Å². The molecular weight excluding hydrogens is 512 g/mol. The van der Waals surface area contributed by atoms with E-state index < -0.39 is 17.8 Å². The summed E-state index contributed by atoms with van der Waals surface area (Å²) in [5, 5.41) is 3.58. The lowest BCUT2D eigenvalue weighted by Gasteiger charge is -2.37. The van der Waals surface area contributed by atoms with Crippen LogP contribution in [0.4, 0.5) is 4.39 Å². The summed E-state index contributed by atoms with van der Waals surface area (Å²) >= 11 is 12.4. The number of hydrogen-bond acceptors (Lipinski definition) is 5. The Morgan fingerprint density at radius 2 is 1.86 bits per heavy atom. The monoisotopic (exact) mass is 535 g/mol. The Bertz CT molecular complexity index is 1380. The van der Waals surface area contributed by atoms with Crippen LogP contribution >= 0.6 is 23.2 Å². The highest BCUT2D eigenvalue weighted by molar-refractivity contribution is 6.42. The van der Waals surface area contributed by atoms with Gasteiger partial charge in [-0.1, -0.05) is 29.3 Å². The first-order chi connectivity index (χ1) is 17.3. The maximum atomic E-state index is 14.7. The molecule has 0 aliphatic carbocycles. The lowest BCUT2D eigenvalue weighted by atomic mass is 10.0. The molecule has 36 heavy (non-hydrogen) atoms. The molecular formula is C24H24Cl2FN5O4. The minimum Gasteiger partial charge on any atom is -0.366 e. The van der Waals surface area contributed by atoms with Crippen LogP contribution in [0, 0.1) is 5.82 Å². The summed E-state index contributed by atoms with van der Waals surface area (Å²) in [4.78, 5) is 43.9. The highest BCUT2D eigenvalue weighted by atomic mass is 35.5. The van der Waals surface area contributed by atoms with Crippen LogP contribution in [0.25, 0.3) is 5.52 Å². The number of fused-ring (bicyclic) bond motifs is 1. The standard InChI is InChI=1S/C24H24Cl2FN5O4/c25-17-11-19-22(33)29-12-15(32(19)21(17)26)9-14-1-2-18(27)16(10-14)23(34)30-4-6-31(7-5-30)24(35)20-13-28-3-8-36-20/h1-2,10-12,20,28H,3-9,13H2,(H,29,33). The van der Waals surface area contributed by atoms with E-state index in [4.69, 9.17) is 27.9 Å². The molecule has 2 aliphatic rings. The van der Waals surface area contributed by atoms with Gasteiger partial charge in [0.15, 0.2) is 0 Å². The summed E-state index contributed by atoms with van der Waals surface area (Å²) in [6.07, 6.45) is 1.28. The number of aromatic amines is 1. The van der Waals surface area contributed by atoms with Gasteiger partial charge in [0, 0.05) is 57.6 Å². The third-order valence-corrected chi connectivity index (χ3v) is 7.27. The van der Waals surface area contributed by atoms with Gasteiger partial charge in [-0.25, -0.2) is 4.39 Å². The molecule has 3 aromatic rings. The number of nitrogens with zero attached hydrogens (tertiary/aromatic N) is 3. The van der Waals surface area contributed by atoms with E-state index in [1.54, 1.807) is 15.9 Å². The lowest BCUT2D eigenvalue weighted by Crippen LogP contribution is -2.56. The predicted molar refractivity (Wildman–Crippen MR) is 132 cm³/mol. The molecule has 2 aromatic heterocycles. The molecule has 2 amide bonds. The molecule has 0 bridgehead atoms. The number of H-pyrrole nitrogens is 1. The Labute approximate surface area is 215 Å². The van der Waals surface area contributed by atoms with Crippen LogP contribution in [0.15, 0.2) is 35.3 Å². The Hall–Kier alpha value is -2.92. The molecule has 2 aliphatic heterocycles. The molecule has 0 radical (unpaired) electrons. The highest BCUT2D eigenvalue weighted by Crippen LogP contribution is 2.27. The maximum absolute atomic E-state index is 14.7. The zero-order valence-electron chi connectivity index (χ0n) is 19.2. The average molecular weight is 536 g/mol. The van der Waals surface area contributed by atoms with Gasteiger partial charge < -0.3 is 24.8 Å². The zero-order chi connectivity index (χ0) is 25.4. The summed E-state index contributed by atoms with van der Waals surface area (Å²) in [6, 6.07) is 5.82. The lowest BCUT2D eigenvalue weighted by molar-refractivity contribution is -0.146. The van der Waals surface area contributed by atoms with E-state index in [2.05, 4.69) is 10.3 Å². The van der Waals surface area contributed by atoms with Gasteiger partial charge in [0.25, 0.3) is 17.4 Å². The molecule has 0 spiro atoms. The van der Waals surface area contributed by atoms with Crippen molar-refractivity contribution in [2.24, 2.45) is 0 Å². The Balaban J connectivity index is 1.31. The fourth-order valence-electron chi connectivity index (χ4n) is 4.61. The van der Waals surface area contributed by atoms with E-state index in [1.165, 1.54) is 28.8 Å². The van der Waals surface area contributed by atoms with Crippen LogP contribution < -0.4 is 10.9 Å². The summed E-state index contributed by atoms with van der Waals surface area (Å²) in [6.45, 7) is 2.98. The number of ether oxygens (including phenoxy) is 1. The van der Waals surface area contributed by atoms with Gasteiger partial charge in [0.2, 0.25) is 0 Å². The fraction of sp³-hybridized carbons (Fsp3) is 0.375. The Morgan fingerprint density at radius 3 is 2.58 bits per heavy atom. The van der Waals surface area contributed by atoms with Crippen molar-refractivity contribution in [3.8, 4) is 0 Å². The van der Waals surface area contributed by atoms with Gasteiger partial charge in [-0.3, -0.25) is 18.8 Å². The number of carbonyl (C=O) groups is 2. The summed E-state index contributed by atoms with van der Waals surface area (Å²) in [5.41, 5.74) is 1.18. The van der Waals surface area contributed by atoms with Crippen molar-refractivity contribution >= 4 is 40.5 Å². The average Bonchev–Trinajstić information content (AvgIpc) is 3.21. The molecule has 1 aromatic carbocycles. The minimum absolute atomic E-state index is 0.0515. The van der Waals surface area contributed by atoms with Crippen molar-refractivity contribution in [3.63, 3.8) is 0 Å². The molecule has 190 valence electrons. The van der Waals surface area contributed by atoms with Gasteiger partial charge in [-0.15, -0.1) is 0 Å². The van der Waals surface area contributed by atoms with Crippen LogP contribution in [-0.4, -0.2) is 83.0 Å². The second-order valence-corrected chi connectivity index (χ2v) is 9.55. The van der Waals surface area contributed by atoms with Crippen molar-refractivity contribution < 1.29 is 18.7 Å². The normalized spacial score (nSPS) is 18.6. The predicted octanol–water partition coefficient (Wildman–Crippen LogP) is 1.94. The SMILES string of the molecule is O=C(c1cc(Cc2c[nH]c(=O)c3cc(Cl)c(Cl)n23)ccc1F)N1CCN(C(=O)C2CNCCO2)CC1. The number of hydrogen-bond donors (Lipinski definition) is 2. The third kappa shape index (κ3) is 4.73. The van der Waals surface area contributed by atoms with Gasteiger partial charge in [0.05, 0.1) is 17.2 Å². The number of amides is 2. The zero-order valence-corrected chi connectivity index (χ0v) is 20.7. The number of rotatable bonds is 4. The Kier molecular flexibility index (Phi) is 7.03. The van der Waals surface area contributed by atoms with Crippen LogP contribution in [-0.2, 0) is 16.0 Å². The van der Waals surface area contributed by atoms with Gasteiger partial charge in [0.1, 0.15) is 22.6 Å². The van der Waals surface area contributed by atoms with Crippen LogP contribution in [0.3, 0.4) is 0 Å². The Morgan fingerprint density at radius 1 is 1.11 bits per heavy atom. The van der Waals surface area contributed by atoms with Gasteiger partial charge >= 0.3 is 0 Å². The third-order valence-electron chi connectivity index (χ3n) is 6.52.